The van der Waals surface area contributed by atoms with E-state index in [9.17, 15) is 4.79 Å². The van der Waals surface area contributed by atoms with Gasteiger partial charge in [0.25, 0.3) is 5.91 Å². The van der Waals surface area contributed by atoms with Gasteiger partial charge in [0, 0.05) is 5.69 Å². The quantitative estimate of drug-likeness (QED) is 0.923. The minimum absolute atomic E-state index is 0.0112. The number of carbonyl (C=O) groups is 1. The molecule has 1 amide bonds. The van der Waals surface area contributed by atoms with E-state index in [0.29, 0.717) is 0 Å². The third-order valence-corrected chi connectivity index (χ3v) is 3.45. The zero-order valence-corrected chi connectivity index (χ0v) is 13.0. The minimum Gasteiger partial charge on any atom is -0.483 e. The van der Waals surface area contributed by atoms with Crippen LogP contribution in [0.3, 0.4) is 0 Å². The zero-order valence-electron chi connectivity index (χ0n) is 13.0. The zero-order chi connectivity index (χ0) is 15.4. The van der Waals surface area contributed by atoms with Crippen LogP contribution >= 0.6 is 0 Å². The lowest BCUT2D eigenvalue weighted by Crippen LogP contribution is -2.20. The van der Waals surface area contributed by atoms with Crippen LogP contribution in [0.25, 0.3) is 0 Å². The van der Waals surface area contributed by atoms with Crippen LogP contribution < -0.4 is 10.1 Å². The largest absolute Gasteiger partial charge is 0.483 e. The summed E-state index contributed by atoms with van der Waals surface area (Å²) in [4.78, 5) is 11.9. The lowest BCUT2D eigenvalue weighted by Gasteiger charge is -2.12. The first-order chi connectivity index (χ1) is 9.95. The van der Waals surface area contributed by atoms with E-state index >= 15 is 0 Å². The van der Waals surface area contributed by atoms with Crippen molar-refractivity contribution in [3.8, 4) is 5.75 Å². The molecule has 2 rings (SSSR count). The molecule has 0 saturated heterocycles. The van der Waals surface area contributed by atoms with E-state index in [1.807, 2.05) is 51.1 Å². The van der Waals surface area contributed by atoms with Crippen molar-refractivity contribution < 1.29 is 9.53 Å². The van der Waals surface area contributed by atoms with Gasteiger partial charge in [0.15, 0.2) is 6.61 Å². The van der Waals surface area contributed by atoms with Crippen LogP contribution in [0, 0.1) is 27.7 Å². The molecule has 0 atom stereocenters. The maximum atomic E-state index is 11.9. The second-order valence-electron chi connectivity index (χ2n) is 5.41. The Labute approximate surface area is 126 Å². The number of anilines is 1. The molecule has 0 fully saturated rings. The molecule has 0 aliphatic rings. The molecular formula is C18H21NO2. The smallest absolute Gasteiger partial charge is 0.262 e. The molecule has 0 radical (unpaired) electrons. The molecule has 0 unspecified atom stereocenters. The van der Waals surface area contributed by atoms with E-state index in [1.54, 1.807) is 0 Å². The van der Waals surface area contributed by atoms with Crippen molar-refractivity contribution in [2.45, 2.75) is 27.7 Å². The summed E-state index contributed by atoms with van der Waals surface area (Å²) in [5.74, 6) is 0.607. The van der Waals surface area contributed by atoms with Crippen molar-refractivity contribution in [2.24, 2.45) is 0 Å². The summed E-state index contributed by atoms with van der Waals surface area (Å²) in [5.41, 5.74) is 5.33. The second-order valence-corrected chi connectivity index (χ2v) is 5.41. The molecule has 0 aromatic heterocycles. The van der Waals surface area contributed by atoms with Crippen molar-refractivity contribution in [3.05, 3.63) is 58.7 Å². The van der Waals surface area contributed by atoms with Gasteiger partial charge in [-0.15, -0.1) is 0 Å². The minimum atomic E-state index is -0.154. The average Bonchev–Trinajstić information content (AvgIpc) is 2.41. The Balaban J connectivity index is 1.97. The van der Waals surface area contributed by atoms with Crippen molar-refractivity contribution in [2.75, 3.05) is 11.9 Å². The average molecular weight is 283 g/mol. The number of amides is 1. The van der Waals surface area contributed by atoms with Crippen molar-refractivity contribution in [3.63, 3.8) is 0 Å². The van der Waals surface area contributed by atoms with Crippen molar-refractivity contribution in [1.82, 2.24) is 0 Å². The van der Waals surface area contributed by atoms with Gasteiger partial charge in [-0.1, -0.05) is 18.2 Å². The molecule has 0 bridgehead atoms. The fourth-order valence-electron chi connectivity index (χ4n) is 2.15. The summed E-state index contributed by atoms with van der Waals surface area (Å²) < 4.78 is 5.62. The topological polar surface area (TPSA) is 38.3 Å². The maximum Gasteiger partial charge on any atom is 0.262 e. The Morgan fingerprint density at radius 3 is 2.43 bits per heavy atom. The normalized spacial score (nSPS) is 10.3. The number of aryl methyl sites for hydroxylation is 4. The lowest BCUT2D eigenvalue weighted by atomic mass is 10.1. The third kappa shape index (κ3) is 4.09. The summed E-state index contributed by atoms with van der Waals surface area (Å²) in [6.07, 6.45) is 0. The Kier molecular flexibility index (Phi) is 4.63. The van der Waals surface area contributed by atoms with E-state index in [1.165, 1.54) is 5.56 Å². The highest BCUT2D eigenvalue weighted by atomic mass is 16.5. The van der Waals surface area contributed by atoms with E-state index in [0.717, 1.165) is 28.1 Å². The molecule has 0 spiro atoms. The van der Waals surface area contributed by atoms with Crippen LogP contribution in [-0.2, 0) is 4.79 Å². The van der Waals surface area contributed by atoms with Gasteiger partial charge in [-0.05, 0) is 68.1 Å². The molecule has 0 saturated carbocycles. The molecule has 3 heteroatoms. The molecule has 1 N–H and O–H groups in total. The van der Waals surface area contributed by atoms with Gasteiger partial charge in [-0.3, -0.25) is 4.79 Å². The summed E-state index contributed by atoms with van der Waals surface area (Å²) in [6, 6.07) is 11.8. The molecule has 2 aromatic carbocycles. The van der Waals surface area contributed by atoms with E-state index in [4.69, 9.17) is 4.74 Å². The number of ether oxygens (including phenoxy) is 1. The molecule has 2 aromatic rings. The lowest BCUT2D eigenvalue weighted by molar-refractivity contribution is -0.118. The first kappa shape index (κ1) is 15.1. The highest BCUT2D eigenvalue weighted by Gasteiger charge is 2.07. The Morgan fingerprint density at radius 2 is 1.71 bits per heavy atom. The van der Waals surface area contributed by atoms with Gasteiger partial charge in [-0.25, -0.2) is 0 Å². The van der Waals surface area contributed by atoms with Gasteiger partial charge < -0.3 is 10.1 Å². The standard InChI is InChI=1S/C18H21NO2/c1-12-6-5-7-16(8-12)19-18(20)11-21-17-10-14(3)13(2)9-15(17)4/h5-10H,11H2,1-4H3,(H,19,20). The van der Waals surface area contributed by atoms with Gasteiger partial charge in [0.05, 0.1) is 0 Å². The highest BCUT2D eigenvalue weighted by molar-refractivity contribution is 5.91. The number of hydrogen-bond donors (Lipinski definition) is 1. The predicted octanol–water partition coefficient (Wildman–Crippen LogP) is 3.94. The Hall–Kier alpha value is -2.29. The van der Waals surface area contributed by atoms with Crippen LogP contribution in [-0.4, -0.2) is 12.5 Å². The van der Waals surface area contributed by atoms with Crippen LogP contribution in [0.1, 0.15) is 22.3 Å². The predicted molar refractivity (Wildman–Crippen MR) is 86.0 cm³/mol. The third-order valence-electron chi connectivity index (χ3n) is 3.45. The number of nitrogens with one attached hydrogen (secondary N) is 1. The molecule has 21 heavy (non-hydrogen) atoms. The Morgan fingerprint density at radius 1 is 1.00 bits per heavy atom. The van der Waals surface area contributed by atoms with Gasteiger partial charge in [0.2, 0.25) is 0 Å². The van der Waals surface area contributed by atoms with Crippen LogP contribution in [0.5, 0.6) is 5.75 Å². The fraction of sp³-hybridized carbons (Fsp3) is 0.278. The van der Waals surface area contributed by atoms with Gasteiger partial charge in [0.1, 0.15) is 5.75 Å². The SMILES string of the molecule is Cc1cccc(NC(=O)COc2cc(C)c(C)cc2C)c1. The monoisotopic (exact) mass is 283 g/mol. The van der Waals surface area contributed by atoms with E-state index < -0.39 is 0 Å². The van der Waals surface area contributed by atoms with Crippen LogP contribution in [0.15, 0.2) is 36.4 Å². The summed E-state index contributed by atoms with van der Waals surface area (Å²) >= 11 is 0. The van der Waals surface area contributed by atoms with Crippen LogP contribution in [0.4, 0.5) is 5.69 Å². The summed E-state index contributed by atoms with van der Waals surface area (Å²) in [7, 11) is 0. The molecule has 0 heterocycles. The first-order valence-corrected chi connectivity index (χ1v) is 7.03. The van der Waals surface area contributed by atoms with Gasteiger partial charge in [-0.2, -0.15) is 0 Å². The fourth-order valence-corrected chi connectivity index (χ4v) is 2.15. The van der Waals surface area contributed by atoms with Gasteiger partial charge >= 0.3 is 0 Å². The van der Waals surface area contributed by atoms with E-state index in [2.05, 4.69) is 18.3 Å². The summed E-state index contributed by atoms with van der Waals surface area (Å²) in [5, 5.41) is 2.83. The molecule has 110 valence electrons. The molecular weight excluding hydrogens is 262 g/mol. The molecule has 0 aliphatic heterocycles. The first-order valence-electron chi connectivity index (χ1n) is 7.03. The van der Waals surface area contributed by atoms with E-state index in [-0.39, 0.29) is 12.5 Å². The van der Waals surface area contributed by atoms with Crippen molar-refractivity contribution >= 4 is 11.6 Å². The maximum absolute atomic E-state index is 11.9. The number of carbonyl (C=O) groups excluding carboxylic acids is 1. The number of hydrogen-bond acceptors (Lipinski definition) is 2. The number of rotatable bonds is 4. The Bertz CT molecular complexity index is 662. The molecule has 3 nitrogen and oxygen atoms in total. The summed E-state index contributed by atoms with van der Waals surface area (Å²) in [6.45, 7) is 8.09. The highest BCUT2D eigenvalue weighted by Crippen LogP contribution is 2.22. The van der Waals surface area contributed by atoms with Crippen LogP contribution in [0.2, 0.25) is 0 Å². The van der Waals surface area contributed by atoms with Crippen molar-refractivity contribution in [1.29, 1.82) is 0 Å². The molecule has 0 aliphatic carbocycles. The number of benzene rings is 2. The second kappa shape index (κ2) is 6.44.